The van der Waals surface area contributed by atoms with Crippen LogP contribution in [0.25, 0.3) is 0 Å². The van der Waals surface area contributed by atoms with Crippen molar-refractivity contribution >= 4 is 11.6 Å². The Kier molecular flexibility index (Phi) is 4.19. The number of hydrogen-bond acceptors (Lipinski definition) is 4. The predicted molar refractivity (Wildman–Crippen MR) is 79.2 cm³/mol. The fourth-order valence-corrected chi connectivity index (χ4v) is 3.32. The number of amides is 1. The summed E-state index contributed by atoms with van der Waals surface area (Å²) < 4.78 is 45.5. The summed E-state index contributed by atoms with van der Waals surface area (Å²) in [7, 11) is 0. The Morgan fingerprint density at radius 3 is 2.54 bits per heavy atom. The van der Waals surface area contributed by atoms with E-state index in [9.17, 15) is 23.1 Å². The molecular weight excluding hydrogens is 325 g/mol. The molecule has 1 saturated carbocycles. The van der Waals surface area contributed by atoms with Crippen molar-refractivity contribution in [1.29, 1.82) is 0 Å². The largest absolute Gasteiger partial charge is 0.456 e. The van der Waals surface area contributed by atoms with Crippen LogP contribution in [0.2, 0.25) is 0 Å². The van der Waals surface area contributed by atoms with Crippen LogP contribution in [0, 0.1) is 12.8 Å². The van der Waals surface area contributed by atoms with Gasteiger partial charge in [0.1, 0.15) is 5.76 Å². The minimum absolute atomic E-state index is 0.122. The summed E-state index contributed by atoms with van der Waals surface area (Å²) >= 11 is 0. The third-order valence-corrected chi connectivity index (χ3v) is 4.68. The number of furan rings is 1. The molecule has 2 heterocycles. The average molecular weight is 344 g/mol. The molecule has 0 unspecified atom stereocenters. The van der Waals surface area contributed by atoms with Crippen molar-refractivity contribution < 1.29 is 27.5 Å². The molecule has 0 spiro atoms. The lowest BCUT2D eigenvalue weighted by Crippen LogP contribution is -2.56. The molecule has 5 nitrogen and oxygen atoms in total. The maximum absolute atomic E-state index is 13.5. The van der Waals surface area contributed by atoms with Gasteiger partial charge in [-0.1, -0.05) is 19.3 Å². The van der Waals surface area contributed by atoms with E-state index in [-0.39, 0.29) is 22.4 Å². The molecule has 1 aromatic rings. The highest BCUT2D eigenvalue weighted by Gasteiger charge is 2.64. The summed E-state index contributed by atoms with van der Waals surface area (Å²) in [6, 6.07) is 2.75. The van der Waals surface area contributed by atoms with Gasteiger partial charge in [0.15, 0.2) is 5.76 Å². The average Bonchev–Trinajstić information content (AvgIpc) is 3.12. The molecule has 0 saturated heterocycles. The number of rotatable bonds is 2. The molecule has 1 atom stereocenters. The smallest absolute Gasteiger partial charge is 0.438 e. The number of hydrogen-bond donors (Lipinski definition) is 1. The number of carbonyl (C=O) groups is 1. The first-order chi connectivity index (χ1) is 11.2. The van der Waals surface area contributed by atoms with Gasteiger partial charge in [-0.15, -0.1) is 0 Å². The minimum Gasteiger partial charge on any atom is -0.456 e. The van der Waals surface area contributed by atoms with E-state index in [2.05, 4.69) is 5.10 Å². The minimum atomic E-state index is -5.01. The van der Waals surface area contributed by atoms with E-state index in [1.807, 2.05) is 0 Å². The van der Waals surface area contributed by atoms with Gasteiger partial charge in [-0.25, -0.2) is 0 Å². The van der Waals surface area contributed by atoms with Crippen molar-refractivity contribution in [3.05, 3.63) is 23.7 Å². The van der Waals surface area contributed by atoms with Gasteiger partial charge >= 0.3 is 12.1 Å². The summed E-state index contributed by atoms with van der Waals surface area (Å²) in [4.78, 5) is 12.4. The first kappa shape index (κ1) is 17.0. The molecule has 0 radical (unpaired) electrons. The van der Waals surface area contributed by atoms with Gasteiger partial charge in [0.2, 0.25) is 0 Å². The second-order valence-corrected chi connectivity index (χ2v) is 6.44. The van der Waals surface area contributed by atoms with Crippen molar-refractivity contribution in [2.45, 2.75) is 57.3 Å². The fourth-order valence-electron chi connectivity index (χ4n) is 3.32. The van der Waals surface area contributed by atoms with Crippen LogP contribution in [0.1, 0.15) is 54.8 Å². The second kappa shape index (κ2) is 5.91. The van der Waals surface area contributed by atoms with Crippen LogP contribution in [-0.4, -0.2) is 33.6 Å². The van der Waals surface area contributed by atoms with Gasteiger partial charge in [-0.05, 0) is 37.8 Å². The molecule has 1 aromatic heterocycles. The zero-order chi connectivity index (χ0) is 17.5. The first-order valence-corrected chi connectivity index (χ1v) is 8.00. The number of aryl methyl sites for hydroxylation is 1. The fraction of sp³-hybridized carbons (Fsp3) is 0.625. The summed E-state index contributed by atoms with van der Waals surface area (Å²) in [6.45, 7) is 1.58. The Labute approximate surface area is 137 Å². The van der Waals surface area contributed by atoms with E-state index in [4.69, 9.17) is 4.42 Å². The third-order valence-electron chi connectivity index (χ3n) is 4.68. The van der Waals surface area contributed by atoms with Crippen LogP contribution in [0.5, 0.6) is 0 Å². The SMILES string of the molecule is Cc1ccc(C(=O)N2N=C(C3CCCCC3)C[C@@]2(O)C(F)(F)F)o1. The topological polar surface area (TPSA) is 66.0 Å². The van der Waals surface area contributed by atoms with Crippen LogP contribution < -0.4 is 0 Å². The van der Waals surface area contributed by atoms with Crippen LogP contribution >= 0.6 is 0 Å². The molecule has 132 valence electrons. The quantitative estimate of drug-likeness (QED) is 0.891. The molecular formula is C16H19F3N2O3. The molecule has 24 heavy (non-hydrogen) atoms. The lowest BCUT2D eigenvalue weighted by molar-refractivity contribution is -0.297. The van der Waals surface area contributed by atoms with Crippen molar-refractivity contribution in [3.8, 4) is 0 Å². The maximum atomic E-state index is 13.5. The third kappa shape index (κ3) is 2.83. The van der Waals surface area contributed by atoms with E-state index in [0.29, 0.717) is 5.76 Å². The van der Waals surface area contributed by atoms with E-state index in [0.717, 1.165) is 32.1 Å². The molecule has 1 N–H and O–H groups in total. The highest BCUT2D eigenvalue weighted by Crippen LogP contribution is 2.43. The van der Waals surface area contributed by atoms with Crippen molar-refractivity contribution in [2.24, 2.45) is 11.0 Å². The molecule has 1 aliphatic heterocycles. The van der Waals surface area contributed by atoms with E-state index in [1.165, 1.54) is 12.1 Å². The van der Waals surface area contributed by atoms with Crippen LogP contribution in [0.3, 0.4) is 0 Å². The Balaban J connectivity index is 1.94. The number of hydrazone groups is 1. The van der Waals surface area contributed by atoms with Crippen LogP contribution in [0.4, 0.5) is 13.2 Å². The molecule has 1 fully saturated rings. The van der Waals surface area contributed by atoms with Gasteiger partial charge < -0.3 is 9.52 Å². The highest BCUT2D eigenvalue weighted by molar-refractivity contribution is 5.97. The number of halogens is 3. The molecule has 1 amide bonds. The van der Waals surface area contributed by atoms with Gasteiger partial charge in [0, 0.05) is 12.1 Å². The van der Waals surface area contributed by atoms with Gasteiger partial charge in [0.05, 0.1) is 0 Å². The second-order valence-electron chi connectivity index (χ2n) is 6.44. The normalized spacial score (nSPS) is 25.9. The van der Waals surface area contributed by atoms with Crippen molar-refractivity contribution in [2.75, 3.05) is 0 Å². The zero-order valence-electron chi connectivity index (χ0n) is 13.3. The van der Waals surface area contributed by atoms with Crippen LogP contribution in [0.15, 0.2) is 21.7 Å². The molecule has 1 aliphatic carbocycles. The summed E-state index contributed by atoms with van der Waals surface area (Å²) in [5.74, 6) is -1.09. The predicted octanol–water partition coefficient (Wildman–Crippen LogP) is 3.62. The summed E-state index contributed by atoms with van der Waals surface area (Å²) in [5.41, 5.74) is -3.08. The molecule has 0 bridgehead atoms. The molecule has 3 rings (SSSR count). The standard InChI is InChI=1S/C16H19F3N2O3/c1-10-7-8-13(24-10)14(22)21-15(23,16(17,18)19)9-12(20-21)11-5-3-2-4-6-11/h7-8,11,23H,2-6,9H2,1H3/t15-/m1/s1. The molecule has 8 heteroatoms. The molecule has 2 aliphatic rings. The molecule has 0 aromatic carbocycles. The number of alkyl halides is 3. The van der Waals surface area contributed by atoms with Crippen molar-refractivity contribution in [3.63, 3.8) is 0 Å². The monoisotopic (exact) mass is 344 g/mol. The Morgan fingerprint density at radius 1 is 1.33 bits per heavy atom. The number of aliphatic hydroxyl groups is 1. The Hall–Kier alpha value is -1.83. The van der Waals surface area contributed by atoms with Gasteiger partial charge in [-0.2, -0.15) is 23.3 Å². The Bertz CT molecular complexity index is 662. The highest BCUT2D eigenvalue weighted by atomic mass is 19.4. The van der Waals surface area contributed by atoms with E-state index in [1.54, 1.807) is 6.92 Å². The summed E-state index contributed by atoms with van der Waals surface area (Å²) in [6.07, 6.45) is -1.37. The first-order valence-electron chi connectivity index (χ1n) is 8.00. The number of nitrogens with zero attached hydrogens (tertiary/aromatic N) is 2. The Morgan fingerprint density at radius 2 is 2.00 bits per heavy atom. The maximum Gasteiger partial charge on any atom is 0.438 e. The van der Waals surface area contributed by atoms with E-state index < -0.39 is 24.2 Å². The van der Waals surface area contributed by atoms with Crippen LogP contribution in [-0.2, 0) is 0 Å². The lowest BCUT2D eigenvalue weighted by atomic mass is 9.83. The summed E-state index contributed by atoms with van der Waals surface area (Å²) in [5, 5.41) is 14.3. The van der Waals surface area contributed by atoms with Gasteiger partial charge in [0.25, 0.3) is 5.72 Å². The lowest BCUT2D eigenvalue weighted by Gasteiger charge is -2.32. The number of carbonyl (C=O) groups excluding carboxylic acids is 1. The van der Waals surface area contributed by atoms with Gasteiger partial charge in [-0.3, -0.25) is 4.79 Å². The van der Waals surface area contributed by atoms with Crippen molar-refractivity contribution in [1.82, 2.24) is 5.01 Å². The zero-order valence-corrected chi connectivity index (χ0v) is 13.3. The van der Waals surface area contributed by atoms with E-state index >= 15 is 0 Å².